The Morgan fingerprint density at radius 2 is 1.77 bits per heavy atom. The van der Waals surface area contributed by atoms with Crippen molar-refractivity contribution in [2.45, 2.75) is 20.0 Å². The van der Waals surface area contributed by atoms with Crippen LogP contribution in [0.1, 0.15) is 24.2 Å². The van der Waals surface area contributed by atoms with Crippen molar-refractivity contribution < 1.29 is 18.7 Å². The summed E-state index contributed by atoms with van der Waals surface area (Å²) in [5.74, 6) is -1.14. The highest BCUT2D eigenvalue weighted by atomic mass is 35.5. The third-order valence-corrected chi connectivity index (χ3v) is 4.97. The summed E-state index contributed by atoms with van der Waals surface area (Å²) in [6, 6.07) is 10.5. The molecule has 8 heteroatoms. The summed E-state index contributed by atoms with van der Waals surface area (Å²) in [5, 5.41) is 3.95. The van der Waals surface area contributed by atoms with Gasteiger partial charge < -0.3 is 14.5 Å². The van der Waals surface area contributed by atoms with Crippen molar-refractivity contribution in [3.63, 3.8) is 0 Å². The van der Waals surface area contributed by atoms with Gasteiger partial charge in [-0.05, 0) is 32.0 Å². The number of fused-ring (bicyclic) bond motifs is 3. The maximum absolute atomic E-state index is 13.1. The molecule has 30 heavy (non-hydrogen) atoms. The van der Waals surface area contributed by atoms with Crippen molar-refractivity contribution in [2.75, 3.05) is 5.32 Å². The molecule has 1 amide bonds. The normalized spacial score (nSPS) is 11.2. The third-order valence-electron chi connectivity index (χ3n) is 4.40. The molecular formula is C22H16Cl2N2O4. The first-order valence-electron chi connectivity index (χ1n) is 9.12. The summed E-state index contributed by atoms with van der Waals surface area (Å²) in [5.41, 5.74) is 1.30. The van der Waals surface area contributed by atoms with Crippen LogP contribution in [0, 0.1) is 0 Å². The molecule has 0 saturated carbocycles. The minimum absolute atomic E-state index is 0.0952. The topological polar surface area (TPSA) is 81.4 Å². The van der Waals surface area contributed by atoms with Crippen LogP contribution in [0.15, 0.2) is 53.2 Å². The number of ether oxygens (including phenoxy) is 1. The van der Waals surface area contributed by atoms with Gasteiger partial charge >= 0.3 is 0 Å². The molecule has 2 aromatic heterocycles. The molecule has 0 aliphatic carbocycles. The summed E-state index contributed by atoms with van der Waals surface area (Å²) in [7, 11) is 0. The van der Waals surface area contributed by atoms with Gasteiger partial charge in [-0.25, -0.2) is 0 Å². The van der Waals surface area contributed by atoms with E-state index in [9.17, 15) is 9.59 Å². The first kappa shape index (κ1) is 20.2. The van der Waals surface area contributed by atoms with Crippen LogP contribution in [0.25, 0.3) is 21.9 Å². The first-order chi connectivity index (χ1) is 14.4. The Morgan fingerprint density at radius 1 is 1.07 bits per heavy atom. The van der Waals surface area contributed by atoms with E-state index in [0.29, 0.717) is 27.7 Å². The molecule has 0 saturated heterocycles. The van der Waals surface area contributed by atoms with Gasteiger partial charge in [0.15, 0.2) is 11.3 Å². The van der Waals surface area contributed by atoms with Crippen molar-refractivity contribution in [1.82, 2.24) is 4.98 Å². The lowest BCUT2D eigenvalue weighted by Gasteiger charge is -2.12. The van der Waals surface area contributed by atoms with Gasteiger partial charge in [-0.15, -0.1) is 0 Å². The molecular weight excluding hydrogens is 427 g/mol. The fourth-order valence-electron chi connectivity index (χ4n) is 3.16. The van der Waals surface area contributed by atoms with Crippen molar-refractivity contribution in [3.05, 3.63) is 64.4 Å². The lowest BCUT2D eigenvalue weighted by molar-refractivity contribution is -0.112. The number of furan rings is 1. The zero-order valence-electron chi connectivity index (χ0n) is 16.0. The van der Waals surface area contributed by atoms with Crippen LogP contribution in [0.2, 0.25) is 10.0 Å². The van der Waals surface area contributed by atoms with Crippen LogP contribution in [0.4, 0.5) is 5.69 Å². The van der Waals surface area contributed by atoms with Gasteiger partial charge in [-0.1, -0.05) is 41.4 Å². The van der Waals surface area contributed by atoms with Crippen LogP contribution in [-0.2, 0) is 4.79 Å². The second kappa shape index (κ2) is 7.97. The summed E-state index contributed by atoms with van der Waals surface area (Å²) >= 11 is 12.1. The minimum Gasteiger partial charge on any atom is -0.487 e. The molecule has 0 fully saturated rings. The summed E-state index contributed by atoms with van der Waals surface area (Å²) < 4.78 is 11.8. The number of nitrogens with one attached hydrogen (secondary N) is 1. The van der Waals surface area contributed by atoms with Gasteiger partial charge in [-0.3, -0.25) is 14.6 Å². The van der Waals surface area contributed by atoms with Crippen molar-refractivity contribution >= 4 is 62.5 Å². The summed E-state index contributed by atoms with van der Waals surface area (Å²) in [6.07, 6.45) is 2.56. The van der Waals surface area contributed by atoms with E-state index >= 15 is 0 Å². The first-order valence-corrected chi connectivity index (χ1v) is 9.88. The number of benzene rings is 2. The number of anilines is 1. The molecule has 2 heterocycles. The number of para-hydroxylation sites is 1. The zero-order chi connectivity index (χ0) is 21.4. The van der Waals surface area contributed by atoms with E-state index < -0.39 is 11.7 Å². The number of carbonyl (C=O) groups is 2. The number of hydrogen-bond donors (Lipinski definition) is 1. The summed E-state index contributed by atoms with van der Waals surface area (Å²) in [6.45, 7) is 3.78. The fraction of sp³-hybridized carbons (Fsp3) is 0.136. The highest BCUT2D eigenvalue weighted by Gasteiger charge is 2.25. The second-order valence-electron chi connectivity index (χ2n) is 6.84. The van der Waals surface area contributed by atoms with Gasteiger partial charge in [0.25, 0.3) is 11.7 Å². The van der Waals surface area contributed by atoms with E-state index in [-0.39, 0.29) is 27.4 Å². The molecule has 1 N–H and O–H groups in total. The number of pyridine rings is 1. The smallest absolute Gasteiger partial charge is 0.296 e. The Bertz CT molecular complexity index is 1280. The molecule has 0 unspecified atom stereocenters. The molecule has 0 spiro atoms. The third kappa shape index (κ3) is 3.60. The Kier molecular flexibility index (Phi) is 5.37. The van der Waals surface area contributed by atoms with Crippen molar-refractivity contribution in [1.29, 1.82) is 0 Å². The molecule has 0 aliphatic heterocycles. The van der Waals surface area contributed by atoms with E-state index in [1.807, 2.05) is 32.0 Å². The summed E-state index contributed by atoms with van der Waals surface area (Å²) in [4.78, 5) is 29.6. The van der Waals surface area contributed by atoms with Crippen LogP contribution >= 0.6 is 23.2 Å². The Morgan fingerprint density at radius 3 is 2.47 bits per heavy atom. The predicted molar refractivity (Wildman–Crippen MR) is 117 cm³/mol. The van der Waals surface area contributed by atoms with Crippen LogP contribution in [0.3, 0.4) is 0 Å². The SMILES string of the molecule is CC(C)Oc1ccc(C(=O)C(=O)Nc2c(Cl)cncc2Cl)c2c1oc1ccccc12. The lowest BCUT2D eigenvalue weighted by atomic mass is 10.0. The number of rotatable bonds is 5. The predicted octanol–water partition coefficient (Wildman–Crippen LogP) is 5.90. The molecule has 0 bridgehead atoms. The minimum atomic E-state index is -0.880. The Hall–Kier alpha value is -3.09. The van der Waals surface area contributed by atoms with Gasteiger partial charge in [0.05, 0.1) is 21.8 Å². The molecule has 4 aromatic rings. The van der Waals surface area contributed by atoms with E-state index in [0.717, 1.165) is 0 Å². The Balaban J connectivity index is 1.82. The fourth-order valence-corrected chi connectivity index (χ4v) is 3.62. The van der Waals surface area contributed by atoms with E-state index in [4.69, 9.17) is 32.4 Å². The lowest BCUT2D eigenvalue weighted by Crippen LogP contribution is -2.23. The van der Waals surface area contributed by atoms with Gasteiger partial charge in [0, 0.05) is 28.7 Å². The monoisotopic (exact) mass is 442 g/mol. The molecule has 0 radical (unpaired) electrons. The van der Waals surface area contributed by atoms with Gasteiger partial charge in [0.1, 0.15) is 5.58 Å². The number of carbonyl (C=O) groups excluding carboxylic acids is 2. The number of hydrogen-bond acceptors (Lipinski definition) is 5. The zero-order valence-corrected chi connectivity index (χ0v) is 17.5. The molecule has 6 nitrogen and oxygen atoms in total. The average molecular weight is 443 g/mol. The maximum Gasteiger partial charge on any atom is 0.296 e. The molecule has 152 valence electrons. The van der Waals surface area contributed by atoms with Crippen LogP contribution in [-0.4, -0.2) is 22.8 Å². The number of aromatic nitrogens is 1. The van der Waals surface area contributed by atoms with E-state index in [1.54, 1.807) is 18.2 Å². The average Bonchev–Trinajstić information content (AvgIpc) is 3.10. The van der Waals surface area contributed by atoms with Crippen LogP contribution in [0.5, 0.6) is 5.75 Å². The second-order valence-corrected chi connectivity index (χ2v) is 7.66. The van der Waals surface area contributed by atoms with Gasteiger partial charge in [0.2, 0.25) is 0 Å². The Labute approximate surface area is 181 Å². The number of amides is 1. The molecule has 0 aliphatic rings. The van der Waals surface area contributed by atoms with Crippen molar-refractivity contribution in [3.8, 4) is 5.75 Å². The molecule has 0 atom stereocenters. The molecule has 4 rings (SSSR count). The largest absolute Gasteiger partial charge is 0.487 e. The number of ketones is 1. The van der Waals surface area contributed by atoms with E-state index in [2.05, 4.69) is 10.3 Å². The quantitative estimate of drug-likeness (QED) is 0.307. The van der Waals surface area contributed by atoms with Crippen molar-refractivity contribution in [2.24, 2.45) is 0 Å². The molecule has 2 aromatic carbocycles. The number of Topliss-reactive ketones (excluding diaryl/α,β-unsaturated/α-hetero) is 1. The van der Waals surface area contributed by atoms with Crippen LogP contribution < -0.4 is 10.1 Å². The van der Waals surface area contributed by atoms with Gasteiger partial charge in [-0.2, -0.15) is 0 Å². The number of halogens is 2. The maximum atomic E-state index is 13.1. The standard InChI is InChI=1S/C22H16Cl2N2O4/c1-11(2)29-17-8-7-13(18-12-5-3-4-6-16(12)30-21(17)18)20(27)22(28)26-19-14(23)9-25-10-15(19)24/h3-11H,1-2H3,(H,25,26,28). The highest BCUT2D eigenvalue weighted by Crippen LogP contribution is 2.38. The number of nitrogens with zero attached hydrogens (tertiary/aromatic N) is 1. The van der Waals surface area contributed by atoms with E-state index in [1.165, 1.54) is 12.4 Å². The highest BCUT2D eigenvalue weighted by molar-refractivity contribution is 6.50.